The van der Waals surface area contributed by atoms with Crippen LogP contribution < -0.4 is 4.90 Å². The number of hydrogen-bond donors (Lipinski definition) is 0. The van der Waals surface area contributed by atoms with Gasteiger partial charge < -0.3 is 4.90 Å². The molecule has 3 aromatic heterocycles. The van der Waals surface area contributed by atoms with Gasteiger partial charge in [-0.1, -0.05) is 6.92 Å². The molecule has 0 spiro atoms. The lowest BCUT2D eigenvalue weighted by atomic mass is 10.3. The van der Waals surface area contributed by atoms with Crippen molar-refractivity contribution in [3.05, 3.63) is 36.5 Å². The smallest absolute Gasteiger partial charge is 0.226 e. The van der Waals surface area contributed by atoms with E-state index in [-0.39, 0.29) is 5.91 Å². The fourth-order valence-corrected chi connectivity index (χ4v) is 2.97. The van der Waals surface area contributed by atoms with Crippen LogP contribution in [0.3, 0.4) is 0 Å². The van der Waals surface area contributed by atoms with Crippen molar-refractivity contribution in [3.8, 4) is 10.6 Å². The van der Waals surface area contributed by atoms with E-state index in [4.69, 9.17) is 0 Å². The highest BCUT2D eigenvalue weighted by atomic mass is 32.1. The molecule has 0 radical (unpaired) electrons. The second-order valence-corrected chi connectivity index (χ2v) is 5.76. The number of halogens is 1. The van der Waals surface area contributed by atoms with E-state index in [1.54, 1.807) is 24.3 Å². The van der Waals surface area contributed by atoms with E-state index in [0.717, 1.165) is 10.9 Å². The second-order valence-electron chi connectivity index (χ2n) is 4.73. The van der Waals surface area contributed by atoms with Crippen molar-refractivity contribution in [2.45, 2.75) is 13.3 Å². The highest BCUT2D eigenvalue weighted by Crippen LogP contribution is 2.31. The Hall–Kier alpha value is -2.41. The molecule has 0 saturated carbocycles. The molecule has 0 unspecified atom stereocenters. The van der Waals surface area contributed by atoms with Crippen LogP contribution in [0.2, 0.25) is 0 Å². The number of rotatable bonds is 3. The Morgan fingerprint density at radius 2 is 2.14 bits per heavy atom. The van der Waals surface area contributed by atoms with Crippen molar-refractivity contribution in [2.75, 3.05) is 11.9 Å². The molecule has 112 valence electrons. The Bertz CT molecular complexity index is 848. The van der Waals surface area contributed by atoms with Crippen molar-refractivity contribution >= 4 is 33.3 Å². The Labute approximate surface area is 130 Å². The third-order valence-electron chi connectivity index (χ3n) is 3.25. The molecule has 7 heteroatoms. The minimum absolute atomic E-state index is 0.0141. The summed E-state index contributed by atoms with van der Waals surface area (Å²) < 4.78 is 14.1. The zero-order valence-electron chi connectivity index (χ0n) is 12.1. The Morgan fingerprint density at radius 3 is 2.86 bits per heavy atom. The molecule has 3 heterocycles. The second kappa shape index (κ2) is 5.76. The van der Waals surface area contributed by atoms with Crippen molar-refractivity contribution in [1.82, 2.24) is 15.0 Å². The van der Waals surface area contributed by atoms with Gasteiger partial charge in [0.25, 0.3) is 0 Å². The van der Waals surface area contributed by atoms with Crippen molar-refractivity contribution in [2.24, 2.45) is 0 Å². The van der Waals surface area contributed by atoms with Crippen molar-refractivity contribution < 1.29 is 9.18 Å². The van der Waals surface area contributed by atoms with Crippen LogP contribution in [-0.2, 0) is 4.79 Å². The Balaban J connectivity index is 2.02. The Kier molecular flexibility index (Phi) is 3.81. The SMILES string of the molecule is CCC(=O)N(C)c1cnc2nc(-c3cncc(F)c3)sc2c1. The highest BCUT2D eigenvalue weighted by Gasteiger charge is 2.13. The van der Waals surface area contributed by atoms with Crippen LogP contribution in [0.1, 0.15) is 13.3 Å². The van der Waals surface area contributed by atoms with Crippen LogP contribution in [0.15, 0.2) is 30.7 Å². The van der Waals surface area contributed by atoms with Gasteiger partial charge in [0.2, 0.25) is 5.91 Å². The van der Waals surface area contributed by atoms with Crippen LogP contribution in [0, 0.1) is 5.82 Å². The third kappa shape index (κ3) is 2.67. The van der Waals surface area contributed by atoms with Gasteiger partial charge >= 0.3 is 0 Å². The summed E-state index contributed by atoms with van der Waals surface area (Å²) in [5.41, 5.74) is 1.90. The average molecular weight is 316 g/mol. The average Bonchev–Trinajstić information content (AvgIpc) is 2.96. The molecule has 0 aromatic carbocycles. The number of anilines is 1. The molecule has 0 saturated heterocycles. The molecule has 3 rings (SSSR count). The van der Waals surface area contributed by atoms with Gasteiger partial charge in [-0.2, -0.15) is 0 Å². The summed E-state index contributed by atoms with van der Waals surface area (Å²) in [6, 6.07) is 3.25. The van der Waals surface area contributed by atoms with Gasteiger partial charge in [-0.05, 0) is 12.1 Å². The van der Waals surface area contributed by atoms with E-state index >= 15 is 0 Å². The largest absolute Gasteiger partial charge is 0.314 e. The van der Waals surface area contributed by atoms with Gasteiger partial charge in [0.1, 0.15) is 10.8 Å². The lowest BCUT2D eigenvalue weighted by Gasteiger charge is -2.15. The van der Waals surface area contributed by atoms with Crippen LogP contribution in [0.5, 0.6) is 0 Å². The first-order valence-electron chi connectivity index (χ1n) is 6.72. The number of carbonyl (C=O) groups is 1. The maximum atomic E-state index is 13.3. The summed E-state index contributed by atoms with van der Waals surface area (Å²) in [5.74, 6) is -0.390. The normalized spacial score (nSPS) is 10.9. The van der Waals surface area contributed by atoms with Crippen molar-refractivity contribution in [3.63, 3.8) is 0 Å². The minimum Gasteiger partial charge on any atom is -0.314 e. The zero-order valence-corrected chi connectivity index (χ0v) is 12.9. The van der Waals surface area contributed by atoms with Gasteiger partial charge in [0, 0.05) is 25.2 Å². The first-order valence-corrected chi connectivity index (χ1v) is 7.54. The zero-order chi connectivity index (χ0) is 15.7. The molecule has 1 amide bonds. The van der Waals surface area contributed by atoms with Gasteiger partial charge in [0.05, 0.1) is 22.8 Å². The first-order chi connectivity index (χ1) is 10.6. The van der Waals surface area contributed by atoms with Crippen LogP contribution in [-0.4, -0.2) is 27.9 Å². The summed E-state index contributed by atoms with van der Waals surface area (Å²) in [6.07, 6.45) is 4.76. The molecule has 22 heavy (non-hydrogen) atoms. The topological polar surface area (TPSA) is 59.0 Å². The maximum absolute atomic E-state index is 13.3. The molecule has 0 aliphatic heterocycles. The quantitative estimate of drug-likeness (QED) is 0.744. The van der Waals surface area contributed by atoms with E-state index in [2.05, 4.69) is 15.0 Å². The molecule has 5 nitrogen and oxygen atoms in total. The highest BCUT2D eigenvalue weighted by molar-refractivity contribution is 7.21. The van der Waals surface area contributed by atoms with Gasteiger partial charge in [-0.25, -0.2) is 14.4 Å². The van der Waals surface area contributed by atoms with E-state index in [9.17, 15) is 9.18 Å². The number of fused-ring (bicyclic) bond motifs is 1. The molecule has 0 aliphatic carbocycles. The number of thiazole rings is 1. The van der Waals surface area contributed by atoms with Crippen molar-refractivity contribution in [1.29, 1.82) is 0 Å². The molecular formula is C15H13FN4OS. The van der Waals surface area contributed by atoms with Crippen LogP contribution >= 0.6 is 11.3 Å². The monoisotopic (exact) mass is 316 g/mol. The molecule has 0 aliphatic rings. The van der Waals surface area contributed by atoms with Crippen LogP contribution in [0.25, 0.3) is 20.9 Å². The lowest BCUT2D eigenvalue weighted by Crippen LogP contribution is -2.25. The van der Waals surface area contributed by atoms with E-state index in [1.165, 1.54) is 17.4 Å². The van der Waals surface area contributed by atoms with E-state index in [0.29, 0.717) is 28.3 Å². The summed E-state index contributed by atoms with van der Waals surface area (Å²) in [6.45, 7) is 1.81. The fraction of sp³-hybridized carbons (Fsp3) is 0.200. The van der Waals surface area contributed by atoms with E-state index < -0.39 is 5.82 Å². The molecule has 0 fully saturated rings. The summed E-state index contributed by atoms with van der Waals surface area (Å²) in [5, 5.41) is 0.649. The summed E-state index contributed by atoms with van der Waals surface area (Å²) in [7, 11) is 1.72. The maximum Gasteiger partial charge on any atom is 0.226 e. The van der Waals surface area contributed by atoms with Gasteiger partial charge in [-0.3, -0.25) is 9.78 Å². The number of amides is 1. The number of nitrogens with zero attached hydrogens (tertiary/aromatic N) is 4. The van der Waals surface area contributed by atoms with Gasteiger partial charge in [-0.15, -0.1) is 11.3 Å². The fourth-order valence-electron chi connectivity index (χ4n) is 2.03. The molecule has 0 atom stereocenters. The van der Waals surface area contributed by atoms with E-state index in [1.807, 2.05) is 13.0 Å². The lowest BCUT2D eigenvalue weighted by molar-refractivity contribution is -0.118. The Morgan fingerprint density at radius 1 is 1.32 bits per heavy atom. The minimum atomic E-state index is -0.404. The number of pyridine rings is 2. The predicted octanol–water partition coefficient (Wildman–Crippen LogP) is 3.27. The number of hydrogen-bond acceptors (Lipinski definition) is 5. The summed E-state index contributed by atoms with van der Waals surface area (Å²) in [4.78, 5) is 25.8. The molecule has 0 N–H and O–H groups in total. The molecular weight excluding hydrogens is 303 g/mol. The summed E-state index contributed by atoms with van der Waals surface area (Å²) >= 11 is 1.39. The van der Waals surface area contributed by atoms with Gasteiger partial charge in [0.15, 0.2) is 5.65 Å². The third-order valence-corrected chi connectivity index (χ3v) is 4.29. The number of aromatic nitrogens is 3. The molecule has 0 bridgehead atoms. The van der Waals surface area contributed by atoms with Crippen LogP contribution in [0.4, 0.5) is 10.1 Å². The molecule has 3 aromatic rings. The standard InChI is InChI=1S/C15H13FN4OS/c1-3-13(21)20(2)11-5-12-14(18-8-11)19-15(22-12)9-4-10(16)7-17-6-9/h4-8H,3H2,1-2H3. The number of carbonyl (C=O) groups excluding carboxylic acids is 1. The predicted molar refractivity (Wildman–Crippen MR) is 84.3 cm³/mol. The first kappa shape index (κ1) is 14.5.